The largest absolute Gasteiger partial charge is 0.246 e. The number of alkyl halides is 1. The Hall–Kier alpha value is -0.760. The molecule has 15 heavy (non-hydrogen) atoms. The minimum atomic E-state index is -0.346. The Bertz CT molecular complexity index is 323. The number of halogens is 1. The first-order valence-corrected chi connectivity index (χ1v) is 5.90. The van der Waals surface area contributed by atoms with Crippen molar-refractivity contribution < 1.29 is 4.39 Å². The predicted octanol–water partition coefficient (Wildman–Crippen LogP) is 4.63. The van der Waals surface area contributed by atoms with Gasteiger partial charge in [0.05, 0.1) is 0 Å². The molecule has 0 saturated carbocycles. The van der Waals surface area contributed by atoms with Crippen molar-refractivity contribution in [1.82, 2.24) is 0 Å². The summed E-state index contributed by atoms with van der Waals surface area (Å²) >= 11 is 1.68. The van der Waals surface area contributed by atoms with E-state index in [2.05, 4.69) is 25.7 Å². The molecule has 82 valence electrons. The molecular formula is C13H17FS. The summed E-state index contributed by atoms with van der Waals surface area (Å²) in [5.74, 6) is 0.278. The van der Waals surface area contributed by atoms with E-state index in [0.717, 1.165) is 16.9 Å². The topological polar surface area (TPSA) is 0 Å². The summed E-state index contributed by atoms with van der Waals surface area (Å²) in [7, 11) is 0. The van der Waals surface area contributed by atoms with Gasteiger partial charge in [-0.1, -0.05) is 42.6 Å². The highest BCUT2D eigenvalue weighted by Gasteiger charge is 2.15. The van der Waals surface area contributed by atoms with E-state index in [4.69, 9.17) is 0 Å². The summed E-state index contributed by atoms with van der Waals surface area (Å²) in [5.41, 5.74) is 0.863. The lowest BCUT2D eigenvalue weighted by Gasteiger charge is -2.19. The summed E-state index contributed by atoms with van der Waals surface area (Å²) < 4.78 is 12.5. The van der Waals surface area contributed by atoms with Crippen LogP contribution in [-0.2, 0) is 0 Å². The molecule has 1 unspecified atom stereocenters. The van der Waals surface area contributed by atoms with Crippen LogP contribution in [0.4, 0.5) is 4.39 Å². The Morgan fingerprint density at radius 1 is 1.73 bits per heavy atom. The zero-order chi connectivity index (χ0) is 11.3. The molecular weight excluding hydrogens is 207 g/mol. The van der Waals surface area contributed by atoms with Crippen LogP contribution in [0.25, 0.3) is 0 Å². The molecule has 0 N–H and O–H groups in total. The summed E-state index contributed by atoms with van der Waals surface area (Å²) in [6.45, 7) is 7.79. The van der Waals surface area contributed by atoms with Gasteiger partial charge in [-0.25, -0.2) is 4.39 Å². The molecule has 1 rings (SSSR count). The second-order valence-electron chi connectivity index (χ2n) is 3.62. The molecule has 0 bridgehead atoms. The van der Waals surface area contributed by atoms with Gasteiger partial charge in [0.15, 0.2) is 0 Å². The van der Waals surface area contributed by atoms with Crippen molar-refractivity contribution in [2.45, 2.75) is 20.3 Å². The third-order valence-electron chi connectivity index (χ3n) is 2.44. The number of allylic oxidation sites excluding steroid dienone is 7. The Labute approximate surface area is 95.6 Å². The smallest absolute Gasteiger partial charge is 0.111 e. The van der Waals surface area contributed by atoms with Crippen molar-refractivity contribution in [2.75, 3.05) is 6.67 Å². The van der Waals surface area contributed by atoms with E-state index in [-0.39, 0.29) is 12.6 Å². The van der Waals surface area contributed by atoms with Crippen molar-refractivity contribution in [3.63, 3.8) is 0 Å². The monoisotopic (exact) mass is 224 g/mol. The van der Waals surface area contributed by atoms with Crippen LogP contribution in [0.5, 0.6) is 0 Å². The molecule has 0 aromatic rings. The molecule has 1 aliphatic carbocycles. The summed E-state index contributed by atoms with van der Waals surface area (Å²) in [6.07, 6.45) is 8.72. The summed E-state index contributed by atoms with van der Waals surface area (Å²) in [4.78, 5) is 2.34. The Balaban J connectivity index is 2.56. The van der Waals surface area contributed by atoms with Gasteiger partial charge in [0.1, 0.15) is 6.67 Å². The van der Waals surface area contributed by atoms with Crippen molar-refractivity contribution in [3.8, 4) is 0 Å². The van der Waals surface area contributed by atoms with Crippen molar-refractivity contribution in [3.05, 3.63) is 46.3 Å². The minimum absolute atomic E-state index is 0.278. The van der Waals surface area contributed by atoms with Gasteiger partial charge in [-0.15, -0.1) is 0 Å². The van der Waals surface area contributed by atoms with E-state index in [0.29, 0.717) is 0 Å². The maximum absolute atomic E-state index is 12.5. The molecule has 0 saturated heterocycles. The Kier molecular flexibility index (Phi) is 4.89. The zero-order valence-electron chi connectivity index (χ0n) is 9.29. The van der Waals surface area contributed by atoms with E-state index >= 15 is 0 Å². The van der Waals surface area contributed by atoms with Gasteiger partial charge in [0.2, 0.25) is 0 Å². The van der Waals surface area contributed by atoms with Crippen molar-refractivity contribution in [2.24, 2.45) is 5.92 Å². The van der Waals surface area contributed by atoms with Crippen molar-refractivity contribution >= 4 is 11.8 Å². The van der Waals surface area contributed by atoms with Crippen LogP contribution in [0.2, 0.25) is 0 Å². The van der Waals surface area contributed by atoms with Crippen LogP contribution in [0.15, 0.2) is 46.3 Å². The van der Waals surface area contributed by atoms with Gasteiger partial charge in [-0.3, -0.25) is 0 Å². The fraction of sp³-hybridized carbons (Fsp3) is 0.385. The van der Waals surface area contributed by atoms with Crippen LogP contribution in [0.3, 0.4) is 0 Å². The van der Waals surface area contributed by atoms with Gasteiger partial charge in [0, 0.05) is 5.92 Å². The number of thioether (sulfide) groups is 1. The van der Waals surface area contributed by atoms with Crippen LogP contribution in [-0.4, -0.2) is 6.67 Å². The quantitative estimate of drug-likeness (QED) is 0.671. The molecule has 0 amide bonds. The highest BCUT2D eigenvalue weighted by molar-refractivity contribution is 8.06. The fourth-order valence-corrected chi connectivity index (χ4v) is 2.25. The number of hydrogen-bond acceptors (Lipinski definition) is 1. The molecule has 0 heterocycles. The Morgan fingerprint density at radius 2 is 2.47 bits per heavy atom. The van der Waals surface area contributed by atoms with Gasteiger partial charge < -0.3 is 0 Å². The first kappa shape index (κ1) is 12.3. The van der Waals surface area contributed by atoms with Gasteiger partial charge in [-0.05, 0) is 35.7 Å². The molecule has 2 heteroatoms. The lowest BCUT2D eigenvalue weighted by Crippen LogP contribution is -2.04. The maximum Gasteiger partial charge on any atom is 0.111 e. The highest BCUT2D eigenvalue weighted by atomic mass is 32.2. The normalized spacial score (nSPS) is 21.4. The van der Waals surface area contributed by atoms with E-state index in [9.17, 15) is 4.39 Å². The van der Waals surface area contributed by atoms with Gasteiger partial charge in [0.25, 0.3) is 0 Å². The van der Waals surface area contributed by atoms with E-state index < -0.39 is 0 Å². The average Bonchev–Trinajstić information content (AvgIpc) is 2.28. The molecule has 0 fully saturated rings. The number of rotatable bonds is 4. The SMILES string of the molecule is C=C(S/C(C)=C\C)C1C=CC=C(CF)C1. The molecule has 1 atom stereocenters. The van der Waals surface area contributed by atoms with E-state index in [1.165, 1.54) is 4.91 Å². The predicted molar refractivity (Wildman–Crippen MR) is 67.5 cm³/mol. The van der Waals surface area contributed by atoms with Crippen molar-refractivity contribution in [1.29, 1.82) is 0 Å². The summed E-state index contributed by atoms with van der Waals surface area (Å²) in [5, 5.41) is 0. The molecule has 1 aliphatic rings. The maximum atomic E-state index is 12.5. The van der Waals surface area contributed by atoms with E-state index in [1.54, 1.807) is 11.8 Å². The molecule has 0 radical (unpaired) electrons. The van der Waals surface area contributed by atoms with Crippen LogP contribution >= 0.6 is 11.8 Å². The second-order valence-corrected chi connectivity index (χ2v) is 4.99. The number of hydrogen-bond donors (Lipinski definition) is 0. The standard InChI is InChI=1S/C13H17FS/c1-4-10(2)15-11(3)13-7-5-6-12(8-13)9-14/h4-7,13H,3,8-9H2,1-2H3/b10-4-. The average molecular weight is 224 g/mol. The lowest BCUT2D eigenvalue weighted by atomic mass is 9.95. The minimum Gasteiger partial charge on any atom is -0.246 e. The summed E-state index contributed by atoms with van der Waals surface area (Å²) in [6, 6.07) is 0. The lowest BCUT2D eigenvalue weighted by molar-refractivity contribution is 0.521. The first-order valence-electron chi connectivity index (χ1n) is 5.09. The van der Waals surface area contributed by atoms with E-state index in [1.807, 2.05) is 19.1 Å². The molecule has 0 nitrogen and oxygen atoms in total. The molecule has 0 spiro atoms. The third kappa shape index (κ3) is 3.71. The van der Waals surface area contributed by atoms with Crippen LogP contribution in [0.1, 0.15) is 20.3 Å². The third-order valence-corrected chi connectivity index (χ3v) is 3.56. The first-order chi connectivity index (χ1) is 7.17. The molecule has 0 aromatic carbocycles. The molecule has 0 aromatic heterocycles. The van der Waals surface area contributed by atoms with Gasteiger partial charge >= 0.3 is 0 Å². The molecule has 0 aliphatic heterocycles. The van der Waals surface area contributed by atoms with Gasteiger partial charge in [-0.2, -0.15) is 0 Å². The fourth-order valence-electron chi connectivity index (χ4n) is 1.41. The van der Waals surface area contributed by atoms with Crippen LogP contribution in [0, 0.1) is 5.92 Å². The van der Waals surface area contributed by atoms with Crippen LogP contribution < -0.4 is 0 Å². The Morgan fingerprint density at radius 3 is 3.07 bits per heavy atom. The zero-order valence-corrected chi connectivity index (χ0v) is 10.1. The highest BCUT2D eigenvalue weighted by Crippen LogP contribution is 2.35. The second kappa shape index (κ2) is 5.96.